The number of nitrogens with one attached hydrogen (secondary N) is 1. The summed E-state index contributed by atoms with van der Waals surface area (Å²) in [6.07, 6.45) is 17.5. The highest BCUT2D eigenvalue weighted by molar-refractivity contribution is 8.14. The molecule has 3 nitrogen and oxygen atoms in total. The van der Waals surface area contributed by atoms with Gasteiger partial charge in [0.05, 0.1) is 0 Å². The smallest absolute Gasteiger partial charge is 0.223 e. The Morgan fingerprint density at radius 3 is 2.57 bits per heavy atom. The Hall–Kier alpha value is -0.770. The molecule has 0 radical (unpaired) electrons. The molecule has 1 N–H and O–H groups in total. The first-order valence-corrected chi connectivity index (χ1v) is 13.4. The van der Waals surface area contributed by atoms with Crippen molar-refractivity contribution in [1.29, 1.82) is 0 Å². The van der Waals surface area contributed by atoms with Crippen LogP contribution in [0.4, 0.5) is 0 Å². The Labute approximate surface area is 185 Å². The van der Waals surface area contributed by atoms with E-state index in [4.69, 9.17) is 0 Å². The molecule has 5 saturated carbocycles. The van der Waals surface area contributed by atoms with Gasteiger partial charge in [-0.1, -0.05) is 31.7 Å². The van der Waals surface area contributed by atoms with Crippen LogP contribution in [-0.2, 0) is 9.59 Å². The lowest BCUT2D eigenvalue weighted by Crippen LogP contribution is -2.52. The zero-order chi connectivity index (χ0) is 20.7. The molecule has 0 aromatic rings. The molecule has 0 saturated heterocycles. The molecule has 7 atom stereocenters. The number of carbonyl (C=O) groups excluding carboxylic acids is 2. The van der Waals surface area contributed by atoms with Crippen LogP contribution in [0, 0.1) is 40.4 Å². The topological polar surface area (TPSA) is 46.2 Å². The van der Waals surface area contributed by atoms with Gasteiger partial charge in [0.15, 0.2) is 0 Å². The Morgan fingerprint density at radius 1 is 1.03 bits per heavy atom. The third-order valence-electron chi connectivity index (χ3n) is 10.8. The van der Waals surface area contributed by atoms with Crippen LogP contribution in [0.2, 0.25) is 0 Å². The van der Waals surface area contributed by atoms with Crippen molar-refractivity contribution < 1.29 is 9.59 Å². The van der Waals surface area contributed by atoms with Gasteiger partial charge in [-0.3, -0.25) is 9.59 Å². The van der Waals surface area contributed by atoms with E-state index < -0.39 is 0 Å². The molecule has 2 bridgehead atoms. The number of hydrogen-bond donors (Lipinski definition) is 1. The highest BCUT2D eigenvalue weighted by Gasteiger charge is 2.60. The largest absolute Gasteiger partial charge is 0.350 e. The van der Waals surface area contributed by atoms with Crippen LogP contribution < -0.4 is 5.32 Å². The zero-order valence-corrected chi connectivity index (χ0v) is 19.4. The molecular weight excluding hydrogens is 390 g/mol. The summed E-state index contributed by atoms with van der Waals surface area (Å²) in [6, 6.07) is 0. The molecule has 1 aliphatic heterocycles. The van der Waals surface area contributed by atoms with Gasteiger partial charge in [-0.15, -0.1) is 0 Å². The Kier molecular flexibility index (Phi) is 4.39. The van der Waals surface area contributed by atoms with E-state index in [1.165, 1.54) is 51.4 Å². The quantitative estimate of drug-likeness (QED) is 0.634. The lowest BCUT2D eigenvalue weighted by molar-refractivity contribution is -0.127. The van der Waals surface area contributed by atoms with Crippen molar-refractivity contribution in [2.24, 2.45) is 40.4 Å². The van der Waals surface area contributed by atoms with E-state index in [2.05, 4.69) is 25.2 Å². The Bertz CT molecular complexity index is 799. The molecular formula is C26H37NO2S. The number of thioether (sulfide) groups is 1. The van der Waals surface area contributed by atoms with Gasteiger partial charge in [-0.05, 0) is 106 Å². The molecule has 30 heavy (non-hydrogen) atoms. The zero-order valence-electron chi connectivity index (χ0n) is 18.6. The van der Waals surface area contributed by atoms with Crippen molar-refractivity contribution in [3.8, 4) is 0 Å². The summed E-state index contributed by atoms with van der Waals surface area (Å²) in [5.74, 6) is 3.55. The second kappa shape index (κ2) is 6.62. The van der Waals surface area contributed by atoms with Gasteiger partial charge in [0.1, 0.15) is 0 Å². The van der Waals surface area contributed by atoms with Crippen LogP contribution in [0.15, 0.2) is 12.2 Å². The van der Waals surface area contributed by atoms with Crippen molar-refractivity contribution in [3.63, 3.8) is 0 Å². The van der Waals surface area contributed by atoms with E-state index in [0.717, 1.165) is 31.1 Å². The first-order chi connectivity index (χ1) is 14.3. The highest BCUT2D eigenvalue weighted by Crippen LogP contribution is 2.66. The van der Waals surface area contributed by atoms with Gasteiger partial charge >= 0.3 is 0 Å². The number of fused-ring (bicyclic) bond motifs is 7. The van der Waals surface area contributed by atoms with Gasteiger partial charge in [0, 0.05) is 22.1 Å². The van der Waals surface area contributed by atoms with E-state index >= 15 is 0 Å². The third-order valence-corrected chi connectivity index (χ3v) is 12.2. The molecule has 5 fully saturated rings. The summed E-state index contributed by atoms with van der Waals surface area (Å²) in [4.78, 5) is 25.4. The van der Waals surface area contributed by atoms with Gasteiger partial charge in [0.25, 0.3) is 0 Å². The lowest BCUT2D eigenvalue weighted by Gasteiger charge is -2.57. The summed E-state index contributed by atoms with van der Waals surface area (Å²) >= 11 is 1.59. The minimum atomic E-state index is 0.154. The van der Waals surface area contributed by atoms with Crippen molar-refractivity contribution in [2.45, 2.75) is 95.3 Å². The van der Waals surface area contributed by atoms with Crippen molar-refractivity contribution in [2.75, 3.05) is 0 Å². The monoisotopic (exact) mass is 427 g/mol. The molecule has 0 spiro atoms. The second-order valence-corrected chi connectivity index (χ2v) is 13.5. The van der Waals surface area contributed by atoms with Crippen LogP contribution in [0.5, 0.6) is 0 Å². The molecule has 6 aliphatic rings. The summed E-state index contributed by atoms with van der Waals surface area (Å²) < 4.78 is 0. The minimum absolute atomic E-state index is 0.154. The van der Waals surface area contributed by atoms with Crippen molar-refractivity contribution >= 4 is 22.8 Å². The van der Waals surface area contributed by atoms with Gasteiger partial charge in [-0.25, -0.2) is 0 Å². The average molecular weight is 428 g/mol. The molecule has 2 unspecified atom stereocenters. The fraction of sp³-hybridized carbons (Fsp3) is 0.846. The van der Waals surface area contributed by atoms with E-state index in [9.17, 15) is 9.59 Å². The summed E-state index contributed by atoms with van der Waals surface area (Å²) in [7, 11) is 0. The average Bonchev–Trinajstić information content (AvgIpc) is 3.40. The van der Waals surface area contributed by atoms with Gasteiger partial charge < -0.3 is 5.32 Å². The van der Waals surface area contributed by atoms with Crippen LogP contribution in [0.25, 0.3) is 0 Å². The van der Waals surface area contributed by atoms with Crippen LogP contribution in [0.1, 0.15) is 84.5 Å². The lowest BCUT2D eigenvalue weighted by atomic mass is 9.50. The predicted octanol–water partition coefficient (Wildman–Crippen LogP) is 5.49. The standard InChI is InChI=1S/C26H37NO2S/c1-24-9-7-19-18(3-4-21-25(19,2)10-8-22(28)30-21)20(24)13-17(15-24)23(29)27-26-11-5-16(14-26)6-12-26/h8,10,16-21H,3-7,9,11-15H2,1-2H3,(H,27,29)/t16?,17?,18-,19-,20+,21?,24-,25-,26?/m1/s1. The van der Waals surface area contributed by atoms with Gasteiger partial charge in [0.2, 0.25) is 11.0 Å². The molecule has 0 aromatic heterocycles. The van der Waals surface area contributed by atoms with E-state index in [0.29, 0.717) is 28.4 Å². The SMILES string of the molecule is C[C@]12CC[C@@H]3[C@@H](CCC4SC(=O)C=C[C@@]43C)[C@@H]1CC(C(=O)NC13CCC(CC1)C3)C2. The second-order valence-electron chi connectivity index (χ2n) is 12.3. The number of amides is 1. The van der Waals surface area contributed by atoms with E-state index in [1.807, 2.05) is 6.08 Å². The first kappa shape index (κ1) is 19.9. The van der Waals surface area contributed by atoms with Crippen LogP contribution in [-0.4, -0.2) is 21.8 Å². The fourth-order valence-electron chi connectivity index (χ4n) is 9.19. The van der Waals surface area contributed by atoms with E-state index in [-0.39, 0.29) is 22.0 Å². The van der Waals surface area contributed by atoms with E-state index in [1.54, 1.807) is 11.8 Å². The maximum absolute atomic E-state index is 13.4. The molecule has 1 amide bonds. The summed E-state index contributed by atoms with van der Waals surface area (Å²) in [5.41, 5.74) is 0.644. The van der Waals surface area contributed by atoms with Crippen molar-refractivity contribution in [1.82, 2.24) is 5.32 Å². The summed E-state index contributed by atoms with van der Waals surface area (Å²) in [5, 5.41) is 4.29. The van der Waals surface area contributed by atoms with Crippen LogP contribution >= 0.6 is 11.8 Å². The molecule has 0 aromatic carbocycles. The number of rotatable bonds is 2. The highest BCUT2D eigenvalue weighted by atomic mass is 32.2. The normalized spacial score (nSPS) is 53.9. The molecule has 6 rings (SSSR count). The van der Waals surface area contributed by atoms with Gasteiger partial charge in [-0.2, -0.15) is 0 Å². The maximum Gasteiger partial charge on any atom is 0.223 e. The Morgan fingerprint density at radius 2 is 1.83 bits per heavy atom. The summed E-state index contributed by atoms with van der Waals surface area (Å²) in [6.45, 7) is 4.91. The molecule has 164 valence electrons. The number of carbonyl (C=O) groups is 2. The third kappa shape index (κ3) is 2.84. The minimum Gasteiger partial charge on any atom is -0.350 e. The number of allylic oxidation sites excluding steroid dienone is 1. The molecule has 5 aliphatic carbocycles. The fourth-order valence-corrected chi connectivity index (χ4v) is 10.4. The van der Waals surface area contributed by atoms with Crippen LogP contribution in [0.3, 0.4) is 0 Å². The number of hydrogen-bond acceptors (Lipinski definition) is 3. The first-order valence-electron chi connectivity index (χ1n) is 12.5. The molecule has 4 heteroatoms. The predicted molar refractivity (Wildman–Crippen MR) is 121 cm³/mol. The Balaban J connectivity index is 1.21. The molecule has 1 heterocycles. The maximum atomic E-state index is 13.4. The van der Waals surface area contributed by atoms with Crippen molar-refractivity contribution in [3.05, 3.63) is 12.2 Å².